The van der Waals surface area contributed by atoms with E-state index in [1.54, 1.807) is 7.11 Å². The number of aromatic nitrogens is 1. The van der Waals surface area contributed by atoms with E-state index in [4.69, 9.17) is 10.5 Å². The first-order chi connectivity index (χ1) is 16.7. The summed E-state index contributed by atoms with van der Waals surface area (Å²) in [6, 6.07) is 25.4. The van der Waals surface area contributed by atoms with Crippen molar-refractivity contribution in [1.29, 1.82) is 0 Å². The van der Waals surface area contributed by atoms with Crippen LogP contribution in [0.4, 0.5) is 0 Å². The molecule has 1 aliphatic rings. The number of rotatable bonds is 7. The molecule has 6 nitrogen and oxygen atoms in total. The van der Waals surface area contributed by atoms with E-state index in [0.29, 0.717) is 5.70 Å². The summed E-state index contributed by atoms with van der Waals surface area (Å²) in [5.74, 6) is 0.870. The number of nitrogens with one attached hydrogen (secondary N) is 1. The molecule has 0 saturated carbocycles. The van der Waals surface area contributed by atoms with Crippen LogP contribution in [0.2, 0.25) is 0 Å². The van der Waals surface area contributed by atoms with Gasteiger partial charge in [0, 0.05) is 35.2 Å². The minimum Gasteiger partial charge on any atom is -0.497 e. The number of aromatic amines is 1. The van der Waals surface area contributed by atoms with Gasteiger partial charge in [-0.3, -0.25) is 4.90 Å². The van der Waals surface area contributed by atoms with Gasteiger partial charge in [-0.2, -0.15) is 10.2 Å². The number of nitrogens with two attached hydrogens (primary N) is 1. The fourth-order valence-corrected chi connectivity index (χ4v) is 4.88. The Morgan fingerprint density at radius 3 is 2.74 bits per heavy atom. The zero-order valence-corrected chi connectivity index (χ0v) is 19.4. The molecule has 0 aliphatic carbocycles. The Morgan fingerprint density at radius 2 is 1.94 bits per heavy atom. The standard InChI is InChI=1S/C28H29N5O/c1-19(32-30-18-29)21-6-5-7-22(16-21)28-27-25(24-8-3-4-9-26(24)31-27)14-15-33(28)17-20-10-12-23(34-2)13-11-20/h3-13,16,28,31H,1,14-15,17-18,29H2,2H3. The quantitative estimate of drug-likeness (QED) is 0.356. The molecule has 1 aromatic heterocycles. The summed E-state index contributed by atoms with van der Waals surface area (Å²) in [4.78, 5) is 6.27. The molecule has 3 aromatic carbocycles. The third-order valence-corrected chi connectivity index (χ3v) is 6.49. The molecule has 34 heavy (non-hydrogen) atoms. The highest BCUT2D eigenvalue weighted by atomic mass is 16.5. The summed E-state index contributed by atoms with van der Waals surface area (Å²) >= 11 is 0. The van der Waals surface area contributed by atoms with Crippen molar-refractivity contribution in [2.45, 2.75) is 19.0 Å². The number of fused-ring (bicyclic) bond motifs is 3. The van der Waals surface area contributed by atoms with Crippen LogP contribution in [0.15, 0.2) is 89.6 Å². The zero-order valence-electron chi connectivity index (χ0n) is 19.4. The largest absolute Gasteiger partial charge is 0.497 e. The lowest BCUT2D eigenvalue weighted by Gasteiger charge is -2.36. The molecule has 0 fully saturated rings. The Bertz CT molecular complexity index is 1340. The van der Waals surface area contributed by atoms with Crippen molar-refractivity contribution >= 4 is 16.6 Å². The summed E-state index contributed by atoms with van der Waals surface area (Å²) < 4.78 is 5.34. The van der Waals surface area contributed by atoms with Gasteiger partial charge in [-0.15, -0.1) is 0 Å². The fourth-order valence-electron chi connectivity index (χ4n) is 4.88. The smallest absolute Gasteiger partial charge is 0.118 e. The van der Waals surface area contributed by atoms with Gasteiger partial charge in [0.1, 0.15) is 12.4 Å². The van der Waals surface area contributed by atoms with Gasteiger partial charge in [-0.1, -0.05) is 55.1 Å². The van der Waals surface area contributed by atoms with Crippen LogP contribution in [0.1, 0.15) is 34.0 Å². The Morgan fingerprint density at radius 1 is 1.12 bits per heavy atom. The third kappa shape index (κ3) is 4.25. The molecule has 5 rings (SSSR count). The Hall–Kier alpha value is -3.74. The van der Waals surface area contributed by atoms with E-state index < -0.39 is 0 Å². The number of benzene rings is 3. The Kier molecular flexibility index (Phi) is 6.25. The van der Waals surface area contributed by atoms with Crippen LogP contribution in [-0.2, 0) is 13.0 Å². The number of azo groups is 1. The molecule has 1 atom stereocenters. The predicted octanol–water partition coefficient (Wildman–Crippen LogP) is 5.66. The maximum absolute atomic E-state index is 5.48. The number of ether oxygens (including phenoxy) is 1. The first-order valence-corrected chi connectivity index (χ1v) is 11.5. The number of H-pyrrole nitrogens is 1. The highest BCUT2D eigenvalue weighted by molar-refractivity contribution is 5.85. The van der Waals surface area contributed by atoms with Gasteiger partial charge in [-0.05, 0) is 47.4 Å². The van der Waals surface area contributed by atoms with Crippen molar-refractivity contribution in [3.05, 3.63) is 107 Å². The topological polar surface area (TPSA) is 79.0 Å². The van der Waals surface area contributed by atoms with Crippen LogP contribution < -0.4 is 10.5 Å². The van der Waals surface area contributed by atoms with E-state index in [9.17, 15) is 0 Å². The predicted molar refractivity (Wildman–Crippen MR) is 137 cm³/mol. The van der Waals surface area contributed by atoms with E-state index in [1.165, 1.54) is 33.3 Å². The van der Waals surface area contributed by atoms with Gasteiger partial charge in [-0.25, -0.2) is 0 Å². The minimum atomic E-state index is 0.0810. The molecule has 1 unspecified atom stereocenters. The molecule has 172 valence electrons. The van der Waals surface area contributed by atoms with Crippen molar-refractivity contribution in [1.82, 2.24) is 9.88 Å². The molecule has 0 amide bonds. The molecule has 4 aromatic rings. The minimum absolute atomic E-state index is 0.0810. The monoisotopic (exact) mass is 451 g/mol. The first kappa shape index (κ1) is 22.1. The lowest BCUT2D eigenvalue weighted by Crippen LogP contribution is -2.35. The molecular formula is C28H29N5O. The average molecular weight is 452 g/mol. The molecule has 0 saturated heterocycles. The van der Waals surface area contributed by atoms with Crippen LogP contribution in [0, 0.1) is 0 Å². The maximum atomic E-state index is 5.48. The highest BCUT2D eigenvalue weighted by Crippen LogP contribution is 2.39. The number of methoxy groups -OCH3 is 1. The van der Waals surface area contributed by atoms with E-state index in [0.717, 1.165) is 30.8 Å². The zero-order chi connectivity index (χ0) is 23.5. The molecule has 1 aliphatic heterocycles. The fraction of sp³-hybridized carbons (Fsp3) is 0.214. The number of nitrogens with zero attached hydrogens (tertiary/aromatic N) is 3. The van der Waals surface area contributed by atoms with Gasteiger partial charge >= 0.3 is 0 Å². The summed E-state index contributed by atoms with van der Waals surface area (Å²) in [5, 5.41) is 9.38. The van der Waals surface area contributed by atoms with Crippen molar-refractivity contribution in [2.24, 2.45) is 16.0 Å². The van der Waals surface area contributed by atoms with Crippen molar-refractivity contribution in [2.75, 3.05) is 20.3 Å². The van der Waals surface area contributed by atoms with Gasteiger partial charge < -0.3 is 15.5 Å². The molecular weight excluding hydrogens is 422 g/mol. The van der Waals surface area contributed by atoms with Gasteiger partial charge in [0.25, 0.3) is 0 Å². The van der Waals surface area contributed by atoms with Crippen molar-refractivity contribution in [3.8, 4) is 5.75 Å². The average Bonchev–Trinajstić information content (AvgIpc) is 3.26. The Labute approximate surface area is 199 Å². The van der Waals surface area contributed by atoms with E-state index in [-0.39, 0.29) is 12.7 Å². The first-order valence-electron chi connectivity index (χ1n) is 11.5. The second kappa shape index (κ2) is 9.63. The summed E-state index contributed by atoms with van der Waals surface area (Å²) in [6.45, 7) is 6.03. The summed E-state index contributed by atoms with van der Waals surface area (Å²) in [5.41, 5.74) is 13.3. The molecule has 0 radical (unpaired) electrons. The Balaban J connectivity index is 1.57. The SMILES string of the molecule is C=C(N=NCN)c1cccc(C2c3[nH]c4ccccc4c3CCN2Cc2ccc(OC)cc2)c1. The van der Waals surface area contributed by atoms with Crippen LogP contribution >= 0.6 is 0 Å². The van der Waals surface area contributed by atoms with E-state index in [2.05, 4.69) is 81.3 Å². The maximum Gasteiger partial charge on any atom is 0.118 e. The molecule has 0 bridgehead atoms. The van der Waals surface area contributed by atoms with E-state index >= 15 is 0 Å². The van der Waals surface area contributed by atoms with Crippen LogP contribution in [0.5, 0.6) is 5.75 Å². The van der Waals surface area contributed by atoms with Crippen LogP contribution in [-0.4, -0.2) is 30.2 Å². The normalized spacial score (nSPS) is 16.1. The molecule has 3 N–H and O–H groups in total. The highest BCUT2D eigenvalue weighted by Gasteiger charge is 2.31. The number of para-hydroxylation sites is 1. The molecule has 2 heterocycles. The van der Waals surface area contributed by atoms with Crippen molar-refractivity contribution in [3.63, 3.8) is 0 Å². The van der Waals surface area contributed by atoms with Crippen molar-refractivity contribution < 1.29 is 4.74 Å². The molecule has 0 spiro atoms. The van der Waals surface area contributed by atoms with Gasteiger partial charge in [0.2, 0.25) is 0 Å². The lowest BCUT2D eigenvalue weighted by molar-refractivity contribution is 0.202. The van der Waals surface area contributed by atoms with Crippen LogP contribution in [0.3, 0.4) is 0 Å². The van der Waals surface area contributed by atoms with E-state index in [1.807, 2.05) is 18.2 Å². The summed E-state index contributed by atoms with van der Waals surface area (Å²) in [6.07, 6.45) is 1.00. The van der Waals surface area contributed by atoms with Crippen LogP contribution in [0.25, 0.3) is 16.6 Å². The van der Waals surface area contributed by atoms with Gasteiger partial charge in [0.15, 0.2) is 0 Å². The molecule has 6 heteroatoms. The third-order valence-electron chi connectivity index (χ3n) is 6.49. The summed E-state index contributed by atoms with van der Waals surface area (Å²) in [7, 11) is 1.70. The lowest BCUT2D eigenvalue weighted by atomic mass is 9.91. The second-order valence-corrected chi connectivity index (χ2v) is 8.53. The van der Waals surface area contributed by atoms with Gasteiger partial charge in [0.05, 0.1) is 18.8 Å². The second-order valence-electron chi connectivity index (χ2n) is 8.53. The number of hydrogen-bond acceptors (Lipinski definition) is 5. The number of hydrogen-bond donors (Lipinski definition) is 2.